The van der Waals surface area contributed by atoms with Crippen molar-refractivity contribution in [3.05, 3.63) is 64.2 Å². The third kappa shape index (κ3) is 3.34. The van der Waals surface area contributed by atoms with Gasteiger partial charge in [0.2, 0.25) is 0 Å². The predicted molar refractivity (Wildman–Crippen MR) is 89.9 cm³/mol. The summed E-state index contributed by atoms with van der Waals surface area (Å²) < 4.78 is 5.34. The lowest BCUT2D eigenvalue weighted by Gasteiger charge is -2.32. The van der Waals surface area contributed by atoms with Gasteiger partial charge < -0.3 is 9.64 Å². The van der Waals surface area contributed by atoms with Crippen LogP contribution >= 0.6 is 24.0 Å². The summed E-state index contributed by atoms with van der Waals surface area (Å²) in [4.78, 5) is 2.35. The Morgan fingerprint density at radius 2 is 1.86 bits per heavy atom. The van der Waals surface area contributed by atoms with E-state index in [9.17, 15) is 0 Å². The van der Waals surface area contributed by atoms with E-state index >= 15 is 0 Å². The van der Waals surface area contributed by atoms with Crippen LogP contribution in [0.5, 0.6) is 5.75 Å². The Morgan fingerprint density at radius 1 is 1.14 bits per heavy atom. The van der Waals surface area contributed by atoms with Crippen molar-refractivity contribution in [2.45, 2.75) is 12.5 Å². The first-order chi connectivity index (χ1) is 9.67. The summed E-state index contributed by atoms with van der Waals surface area (Å²) in [5.41, 5.74) is 4.05. The Labute approximate surface area is 137 Å². The Morgan fingerprint density at radius 3 is 2.52 bits per heavy atom. The molecule has 0 saturated heterocycles. The number of hydrogen-bond donors (Lipinski definition) is 0. The molecule has 0 bridgehead atoms. The maximum absolute atomic E-state index is 5.99. The summed E-state index contributed by atoms with van der Waals surface area (Å²) in [6.45, 7) is 2.00. The van der Waals surface area contributed by atoms with Crippen LogP contribution in [-0.2, 0) is 6.54 Å². The maximum Gasteiger partial charge on any atom is 0.119 e. The monoisotopic (exact) mass is 323 g/mol. The van der Waals surface area contributed by atoms with Crippen molar-refractivity contribution in [1.82, 2.24) is 4.90 Å². The third-order valence-electron chi connectivity index (χ3n) is 3.93. The van der Waals surface area contributed by atoms with E-state index in [1.54, 1.807) is 7.11 Å². The lowest BCUT2D eigenvalue weighted by molar-refractivity contribution is 0.294. The lowest BCUT2D eigenvalue weighted by Crippen LogP contribution is -2.30. The molecule has 0 radical (unpaired) electrons. The van der Waals surface area contributed by atoms with E-state index in [2.05, 4.69) is 36.2 Å². The van der Waals surface area contributed by atoms with Gasteiger partial charge in [0.1, 0.15) is 5.75 Å². The predicted octanol–water partition coefficient (Wildman–Crippen LogP) is 4.35. The second kappa shape index (κ2) is 6.69. The molecule has 1 heterocycles. The minimum absolute atomic E-state index is 0. The van der Waals surface area contributed by atoms with Crippen molar-refractivity contribution >= 4 is 24.0 Å². The van der Waals surface area contributed by atoms with Gasteiger partial charge in [-0.3, -0.25) is 0 Å². The van der Waals surface area contributed by atoms with Gasteiger partial charge in [0, 0.05) is 24.0 Å². The van der Waals surface area contributed by atoms with Crippen molar-refractivity contribution in [2.24, 2.45) is 0 Å². The van der Waals surface area contributed by atoms with E-state index in [-0.39, 0.29) is 12.4 Å². The molecular formula is C17H19Cl2NO. The number of rotatable bonds is 2. The van der Waals surface area contributed by atoms with Crippen molar-refractivity contribution < 1.29 is 4.74 Å². The number of benzene rings is 2. The summed E-state index contributed by atoms with van der Waals surface area (Å²) in [5, 5.41) is 0.785. The molecule has 2 nitrogen and oxygen atoms in total. The molecule has 0 spiro atoms. The molecule has 2 aromatic carbocycles. The highest BCUT2D eigenvalue weighted by molar-refractivity contribution is 6.30. The Kier molecular flexibility index (Phi) is 5.15. The van der Waals surface area contributed by atoms with Crippen LogP contribution in [0.3, 0.4) is 0 Å². The highest BCUT2D eigenvalue weighted by Gasteiger charge is 2.24. The number of ether oxygens (including phenoxy) is 1. The van der Waals surface area contributed by atoms with Gasteiger partial charge in [-0.25, -0.2) is 0 Å². The Balaban J connectivity index is 0.00000161. The molecule has 3 rings (SSSR count). The summed E-state index contributed by atoms with van der Waals surface area (Å²) in [6.07, 6.45) is 0. The number of hydrogen-bond acceptors (Lipinski definition) is 2. The van der Waals surface area contributed by atoms with Crippen LogP contribution < -0.4 is 4.74 Å². The molecule has 0 saturated carbocycles. The molecule has 21 heavy (non-hydrogen) atoms. The maximum atomic E-state index is 5.99. The van der Waals surface area contributed by atoms with Gasteiger partial charge in [-0.05, 0) is 48.0 Å². The van der Waals surface area contributed by atoms with Crippen molar-refractivity contribution in [3.63, 3.8) is 0 Å². The van der Waals surface area contributed by atoms with E-state index in [1.165, 1.54) is 16.7 Å². The fraction of sp³-hybridized carbons (Fsp3) is 0.294. The van der Waals surface area contributed by atoms with Gasteiger partial charge in [0.05, 0.1) is 7.11 Å². The van der Waals surface area contributed by atoms with E-state index in [1.807, 2.05) is 18.2 Å². The molecule has 4 heteroatoms. The molecular weight excluding hydrogens is 305 g/mol. The highest BCUT2D eigenvalue weighted by atomic mass is 35.5. The zero-order valence-corrected chi connectivity index (χ0v) is 13.7. The SMILES string of the molecule is COc1ccc2c(c1)CN(C)CC2c1ccc(Cl)cc1.Cl. The van der Waals surface area contributed by atoms with Gasteiger partial charge in [0.15, 0.2) is 0 Å². The average molecular weight is 324 g/mol. The highest BCUT2D eigenvalue weighted by Crippen LogP contribution is 2.35. The van der Waals surface area contributed by atoms with Crippen LogP contribution in [0.4, 0.5) is 0 Å². The number of fused-ring (bicyclic) bond motifs is 1. The topological polar surface area (TPSA) is 12.5 Å². The first kappa shape index (κ1) is 16.2. The fourth-order valence-corrected chi connectivity index (χ4v) is 3.06. The van der Waals surface area contributed by atoms with Gasteiger partial charge in [-0.15, -0.1) is 12.4 Å². The minimum Gasteiger partial charge on any atom is -0.497 e. The summed E-state index contributed by atoms with van der Waals surface area (Å²) in [5.74, 6) is 1.32. The van der Waals surface area contributed by atoms with Crippen molar-refractivity contribution in [2.75, 3.05) is 20.7 Å². The molecule has 112 valence electrons. The summed E-state index contributed by atoms with van der Waals surface area (Å²) in [6, 6.07) is 14.6. The van der Waals surface area contributed by atoms with Crippen molar-refractivity contribution in [1.29, 1.82) is 0 Å². The molecule has 2 aromatic rings. The fourth-order valence-electron chi connectivity index (χ4n) is 2.93. The Bertz CT molecular complexity index is 613. The van der Waals surface area contributed by atoms with E-state index in [4.69, 9.17) is 16.3 Å². The van der Waals surface area contributed by atoms with Gasteiger partial charge in [-0.1, -0.05) is 29.8 Å². The van der Waals surface area contributed by atoms with Gasteiger partial charge >= 0.3 is 0 Å². The first-order valence-corrected chi connectivity index (χ1v) is 7.16. The molecule has 1 aliphatic rings. The zero-order valence-electron chi connectivity index (χ0n) is 12.2. The van der Waals surface area contributed by atoms with Crippen LogP contribution in [0, 0.1) is 0 Å². The van der Waals surface area contributed by atoms with E-state index < -0.39 is 0 Å². The van der Waals surface area contributed by atoms with Gasteiger partial charge in [-0.2, -0.15) is 0 Å². The molecule has 1 atom stereocenters. The van der Waals surface area contributed by atoms with Crippen LogP contribution in [0.2, 0.25) is 5.02 Å². The number of nitrogens with zero attached hydrogens (tertiary/aromatic N) is 1. The molecule has 0 amide bonds. The first-order valence-electron chi connectivity index (χ1n) is 6.78. The van der Waals surface area contributed by atoms with Crippen LogP contribution in [0.25, 0.3) is 0 Å². The standard InChI is InChI=1S/C17H18ClNO.ClH/c1-19-10-13-9-15(20-2)7-8-16(13)17(11-19)12-3-5-14(18)6-4-12;/h3-9,17H,10-11H2,1-2H3;1H. The molecule has 1 unspecified atom stereocenters. The Hall–Kier alpha value is -1.22. The van der Waals surface area contributed by atoms with Crippen LogP contribution in [-0.4, -0.2) is 25.6 Å². The van der Waals surface area contributed by atoms with E-state index in [0.717, 1.165) is 23.9 Å². The normalized spacial score (nSPS) is 17.8. The van der Waals surface area contributed by atoms with Gasteiger partial charge in [0.25, 0.3) is 0 Å². The molecule has 1 aliphatic heterocycles. The molecule has 0 fully saturated rings. The zero-order chi connectivity index (χ0) is 14.1. The lowest BCUT2D eigenvalue weighted by atomic mass is 9.85. The van der Waals surface area contributed by atoms with Crippen molar-refractivity contribution in [3.8, 4) is 5.75 Å². The third-order valence-corrected chi connectivity index (χ3v) is 4.18. The minimum atomic E-state index is 0. The molecule has 0 aliphatic carbocycles. The summed E-state index contributed by atoms with van der Waals surface area (Å²) >= 11 is 5.99. The van der Waals surface area contributed by atoms with E-state index in [0.29, 0.717) is 5.92 Å². The second-order valence-electron chi connectivity index (χ2n) is 5.37. The number of halogens is 2. The molecule has 0 aromatic heterocycles. The van der Waals surface area contributed by atoms with Crippen LogP contribution in [0.15, 0.2) is 42.5 Å². The smallest absolute Gasteiger partial charge is 0.119 e. The number of likely N-dealkylation sites (N-methyl/N-ethyl adjacent to an activating group) is 1. The quantitative estimate of drug-likeness (QED) is 0.814. The second-order valence-corrected chi connectivity index (χ2v) is 5.80. The number of methoxy groups -OCH3 is 1. The summed E-state index contributed by atoms with van der Waals surface area (Å²) in [7, 11) is 3.87. The largest absolute Gasteiger partial charge is 0.497 e. The average Bonchev–Trinajstić information content (AvgIpc) is 2.46. The van der Waals surface area contributed by atoms with Crippen LogP contribution in [0.1, 0.15) is 22.6 Å². The molecule has 0 N–H and O–H groups in total.